The largest absolute Gasteiger partial charge is 0.497 e. The Bertz CT molecular complexity index is 1060. The van der Waals surface area contributed by atoms with Gasteiger partial charge >= 0.3 is 0 Å². The minimum atomic E-state index is -0.785. The number of nitrogens with zero attached hydrogens (tertiary/aromatic N) is 2. The lowest BCUT2D eigenvalue weighted by Gasteiger charge is -2.25. The zero-order valence-electron chi connectivity index (χ0n) is 16.0. The zero-order valence-corrected chi connectivity index (χ0v) is 16.0. The molecule has 8 heteroatoms. The van der Waals surface area contributed by atoms with E-state index in [4.69, 9.17) is 9.47 Å². The Morgan fingerprint density at radius 2 is 1.97 bits per heavy atom. The summed E-state index contributed by atoms with van der Waals surface area (Å²) in [4.78, 5) is 25.4. The van der Waals surface area contributed by atoms with Gasteiger partial charge in [0, 0.05) is 11.6 Å². The van der Waals surface area contributed by atoms with Gasteiger partial charge in [0.25, 0.3) is 0 Å². The topological polar surface area (TPSA) is 94.5 Å². The molecule has 1 atom stereocenters. The van der Waals surface area contributed by atoms with E-state index in [1.165, 1.54) is 7.11 Å². The lowest BCUT2D eigenvalue weighted by atomic mass is 10.1. The van der Waals surface area contributed by atoms with Crippen molar-refractivity contribution < 1.29 is 19.1 Å². The summed E-state index contributed by atoms with van der Waals surface area (Å²) in [5.41, 5.74) is 2.12. The molecule has 1 aliphatic rings. The van der Waals surface area contributed by atoms with Crippen molar-refractivity contribution in [2.24, 2.45) is 0 Å². The number of hydrogen-bond acceptors (Lipinski definition) is 5. The van der Waals surface area contributed by atoms with Gasteiger partial charge in [-0.2, -0.15) is 5.10 Å². The van der Waals surface area contributed by atoms with Gasteiger partial charge < -0.3 is 20.1 Å². The summed E-state index contributed by atoms with van der Waals surface area (Å²) in [6.07, 6.45) is 1.64. The van der Waals surface area contributed by atoms with Crippen LogP contribution >= 0.6 is 0 Å². The van der Waals surface area contributed by atoms with Crippen LogP contribution in [0.15, 0.2) is 54.7 Å². The maximum Gasteiger partial charge on any atom is 0.249 e. The van der Waals surface area contributed by atoms with Crippen LogP contribution in [0, 0.1) is 0 Å². The van der Waals surface area contributed by atoms with Crippen molar-refractivity contribution in [3.05, 3.63) is 54.7 Å². The molecule has 8 nitrogen and oxygen atoms in total. The second-order valence-electron chi connectivity index (χ2n) is 6.54. The lowest BCUT2D eigenvalue weighted by Crippen LogP contribution is -2.35. The van der Waals surface area contributed by atoms with Crippen molar-refractivity contribution >= 4 is 23.3 Å². The second kappa shape index (κ2) is 7.67. The molecule has 0 radical (unpaired) electrons. The van der Waals surface area contributed by atoms with E-state index in [0.29, 0.717) is 23.0 Å². The normalized spacial score (nSPS) is 15.2. The summed E-state index contributed by atoms with van der Waals surface area (Å²) < 4.78 is 12.1. The number of benzene rings is 2. The molecule has 2 N–H and O–H groups in total. The summed E-state index contributed by atoms with van der Waals surface area (Å²) in [6.45, 7) is 0. The van der Waals surface area contributed by atoms with E-state index < -0.39 is 6.04 Å². The number of amides is 2. The number of hydrogen-bond donors (Lipinski definition) is 2. The first-order valence-corrected chi connectivity index (χ1v) is 9.06. The third-order valence-electron chi connectivity index (χ3n) is 4.78. The summed E-state index contributed by atoms with van der Waals surface area (Å²) in [5.74, 6) is 0.965. The van der Waals surface area contributed by atoms with Crippen molar-refractivity contribution in [3.8, 4) is 22.6 Å². The number of fused-ring (bicyclic) bond motifs is 1. The molecular formula is C21H20N4O4. The highest BCUT2D eigenvalue weighted by Gasteiger charge is 2.33. The van der Waals surface area contributed by atoms with E-state index in [1.54, 1.807) is 36.2 Å². The van der Waals surface area contributed by atoms with Crippen molar-refractivity contribution in [3.63, 3.8) is 0 Å². The second-order valence-corrected chi connectivity index (χ2v) is 6.54. The average molecular weight is 392 g/mol. The minimum Gasteiger partial charge on any atom is -0.497 e. The fourth-order valence-electron chi connectivity index (χ4n) is 3.33. The Morgan fingerprint density at radius 1 is 1.17 bits per heavy atom. The van der Waals surface area contributed by atoms with Gasteiger partial charge in [-0.1, -0.05) is 30.3 Å². The number of ether oxygens (including phenoxy) is 2. The smallest absolute Gasteiger partial charge is 0.249 e. The van der Waals surface area contributed by atoms with Gasteiger partial charge in [-0.05, 0) is 17.7 Å². The molecule has 3 aromatic rings. The zero-order chi connectivity index (χ0) is 20.4. The summed E-state index contributed by atoms with van der Waals surface area (Å²) in [5, 5.41) is 10.0. The first-order chi connectivity index (χ1) is 14.1. The van der Waals surface area contributed by atoms with Crippen molar-refractivity contribution in [2.45, 2.75) is 12.5 Å². The molecule has 0 spiro atoms. The predicted molar refractivity (Wildman–Crippen MR) is 108 cm³/mol. The maximum atomic E-state index is 13.0. The third kappa shape index (κ3) is 3.52. The van der Waals surface area contributed by atoms with Gasteiger partial charge in [0.2, 0.25) is 11.8 Å². The first kappa shape index (κ1) is 18.5. The van der Waals surface area contributed by atoms with E-state index in [-0.39, 0.29) is 18.2 Å². The van der Waals surface area contributed by atoms with Crippen LogP contribution in [0.3, 0.4) is 0 Å². The highest BCUT2D eigenvalue weighted by Crippen LogP contribution is 2.35. The van der Waals surface area contributed by atoms with Crippen LogP contribution in [0.25, 0.3) is 11.1 Å². The third-order valence-corrected chi connectivity index (χ3v) is 4.78. The summed E-state index contributed by atoms with van der Waals surface area (Å²) >= 11 is 0. The number of carbonyl (C=O) groups is 2. The fourth-order valence-corrected chi connectivity index (χ4v) is 3.33. The van der Waals surface area contributed by atoms with Gasteiger partial charge in [-0.25, -0.2) is 4.68 Å². The molecule has 148 valence electrons. The maximum absolute atomic E-state index is 13.0. The number of methoxy groups -OCH3 is 2. The molecule has 0 fully saturated rings. The molecule has 29 heavy (non-hydrogen) atoms. The quantitative estimate of drug-likeness (QED) is 0.696. The minimum absolute atomic E-state index is 0.0129. The molecule has 0 saturated carbocycles. The van der Waals surface area contributed by atoms with Crippen LogP contribution < -0.4 is 20.1 Å². The van der Waals surface area contributed by atoms with Crippen LogP contribution in [-0.4, -0.2) is 35.8 Å². The van der Waals surface area contributed by atoms with Crippen LogP contribution in [0.4, 0.5) is 11.5 Å². The molecule has 1 aromatic heterocycles. The predicted octanol–water partition coefficient (Wildman–Crippen LogP) is 3.09. The number of rotatable bonds is 5. The van der Waals surface area contributed by atoms with Crippen LogP contribution in [-0.2, 0) is 9.59 Å². The van der Waals surface area contributed by atoms with Crippen molar-refractivity contribution in [2.75, 3.05) is 24.9 Å². The van der Waals surface area contributed by atoms with E-state index in [1.807, 2.05) is 30.3 Å². The van der Waals surface area contributed by atoms with E-state index in [2.05, 4.69) is 15.7 Å². The average Bonchev–Trinajstić information content (AvgIpc) is 3.17. The SMILES string of the molecule is COc1ccc(OC)c(NC(=O)[C@H]2CC(=O)Nc3c(-c4ccccc4)cnn32)c1. The number of aromatic nitrogens is 2. The molecule has 1 aliphatic heterocycles. The molecule has 4 rings (SSSR count). The number of carbonyl (C=O) groups excluding carboxylic acids is 2. The number of anilines is 2. The highest BCUT2D eigenvalue weighted by atomic mass is 16.5. The van der Waals surface area contributed by atoms with E-state index in [0.717, 1.165) is 11.1 Å². The van der Waals surface area contributed by atoms with Crippen LogP contribution in [0.2, 0.25) is 0 Å². The van der Waals surface area contributed by atoms with Gasteiger partial charge in [-0.15, -0.1) is 0 Å². The standard InChI is InChI=1S/C21H20N4O4/c1-28-14-8-9-18(29-2)16(10-14)23-21(27)17-11-19(26)24-20-15(12-22-25(17)20)13-6-4-3-5-7-13/h3-10,12,17H,11H2,1-2H3,(H,23,27)(H,24,26)/t17-/m1/s1. The van der Waals surface area contributed by atoms with Crippen LogP contribution in [0.5, 0.6) is 11.5 Å². The Morgan fingerprint density at radius 3 is 2.69 bits per heavy atom. The van der Waals surface area contributed by atoms with E-state index in [9.17, 15) is 9.59 Å². The summed E-state index contributed by atoms with van der Waals surface area (Å²) in [7, 11) is 3.06. The Labute approximate surface area is 167 Å². The Balaban J connectivity index is 1.66. The Hall–Kier alpha value is -3.81. The van der Waals surface area contributed by atoms with Gasteiger partial charge in [0.15, 0.2) is 0 Å². The molecule has 2 aromatic carbocycles. The molecule has 0 bridgehead atoms. The van der Waals surface area contributed by atoms with Crippen LogP contribution in [0.1, 0.15) is 12.5 Å². The molecule has 2 heterocycles. The molecule has 2 amide bonds. The Kier molecular flexibility index (Phi) is 4.90. The molecule has 0 aliphatic carbocycles. The van der Waals surface area contributed by atoms with Gasteiger partial charge in [0.1, 0.15) is 23.4 Å². The van der Waals surface area contributed by atoms with Gasteiger partial charge in [0.05, 0.1) is 32.5 Å². The molecular weight excluding hydrogens is 372 g/mol. The first-order valence-electron chi connectivity index (χ1n) is 9.06. The van der Waals surface area contributed by atoms with Gasteiger partial charge in [-0.3, -0.25) is 9.59 Å². The highest BCUT2D eigenvalue weighted by molar-refractivity contribution is 6.03. The molecule has 0 saturated heterocycles. The molecule has 0 unspecified atom stereocenters. The lowest BCUT2D eigenvalue weighted by molar-refractivity contribution is -0.125. The van der Waals surface area contributed by atoms with E-state index >= 15 is 0 Å². The monoisotopic (exact) mass is 392 g/mol. The van der Waals surface area contributed by atoms with Crippen molar-refractivity contribution in [1.82, 2.24) is 9.78 Å². The van der Waals surface area contributed by atoms with Crippen molar-refractivity contribution in [1.29, 1.82) is 0 Å². The summed E-state index contributed by atoms with van der Waals surface area (Å²) in [6, 6.07) is 13.9. The number of nitrogens with one attached hydrogen (secondary N) is 2. The fraction of sp³-hybridized carbons (Fsp3) is 0.190.